The summed E-state index contributed by atoms with van der Waals surface area (Å²) in [6.07, 6.45) is 0. The smallest absolute Gasteiger partial charge is 0.294 e. The highest BCUT2D eigenvalue weighted by Gasteiger charge is 2.17. The Bertz CT molecular complexity index is 839. The summed E-state index contributed by atoms with van der Waals surface area (Å²) in [6.45, 7) is 3.75. The summed E-state index contributed by atoms with van der Waals surface area (Å²) < 4.78 is 0. The Labute approximate surface area is 149 Å². The number of rotatable bonds is 3. The van der Waals surface area contributed by atoms with Crippen molar-refractivity contribution in [3.63, 3.8) is 0 Å². The summed E-state index contributed by atoms with van der Waals surface area (Å²) in [5.74, 6) is -0.387. The van der Waals surface area contributed by atoms with Crippen LogP contribution in [-0.2, 0) is 0 Å². The summed E-state index contributed by atoms with van der Waals surface area (Å²) in [7, 11) is 0. The van der Waals surface area contributed by atoms with Gasteiger partial charge in [0, 0.05) is 16.7 Å². The van der Waals surface area contributed by atoms with Crippen molar-refractivity contribution >= 4 is 46.2 Å². The number of hydrogen-bond acceptors (Lipinski definition) is 4. The standard InChI is InChI=1S/C16H14ClN3O3S/c1-9-3-5-12(10(2)7-9)15(21)19-16(24)18-13-6-4-11(17)8-14(13)20(22)23/h3-8H,1-2H3,(H2,18,19,21,24). The number of anilines is 1. The van der Waals surface area contributed by atoms with E-state index in [0.717, 1.165) is 11.1 Å². The van der Waals surface area contributed by atoms with Crippen molar-refractivity contribution in [2.75, 3.05) is 5.32 Å². The predicted octanol–water partition coefficient (Wildman–Crippen LogP) is 3.99. The van der Waals surface area contributed by atoms with Gasteiger partial charge in [-0.15, -0.1) is 0 Å². The van der Waals surface area contributed by atoms with Crippen LogP contribution in [0.3, 0.4) is 0 Å². The van der Waals surface area contributed by atoms with Crippen LogP contribution in [-0.4, -0.2) is 15.9 Å². The lowest BCUT2D eigenvalue weighted by molar-refractivity contribution is -0.383. The molecular formula is C16H14ClN3O3S. The van der Waals surface area contributed by atoms with Crippen LogP contribution in [0.25, 0.3) is 0 Å². The third-order valence-corrected chi connectivity index (χ3v) is 3.70. The monoisotopic (exact) mass is 363 g/mol. The number of aryl methyl sites for hydroxylation is 2. The number of benzene rings is 2. The van der Waals surface area contributed by atoms with Crippen LogP contribution >= 0.6 is 23.8 Å². The lowest BCUT2D eigenvalue weighted by atomic mass is 10.1. The lowest BCUT2D eigenvalue weighted by Gasteiger charge is -2.11. The number of nitro groups is 1. The van der Waals surface area contributed by atoms with Gasteiger partial charge in [-0.2, -0.15) is 0 Å². The molecule has 2 rings (SSSR count). The van der Waals surface area contributed by atoms with E-state index in [9.17, 15) is 14.9 Å². The normalized spacial score (nSPS) is 10.1. The Morgan fingerprint density at radius 3 is 2.54 bits per heavy atom. The second-order valence-corrected chi connectivity index (χ2v) is 5.99. The molecule has 2 aromatic carbocycles. The Kier molecular flexibility index (Phi) is 5.48. The lowest BCUT2D eigenvalue weighted by Crippen LogP contribution is -2.34. The highest BCUT2D eigenvalue weighted by molar-refractivity contribution is 7.80. The highest BCUT2D eigenvalue weighted by atomic mass is 35.5. The van der Waals surface area contributed by atoms with Crippen molar-refractivity contribution in [2.45, 2.75) is 13.8 Å². The number of nitrogens with zero attached hydrogens (tertiary/aromatic N) is 1. The minimum atomic E-state index is -0.581. The Morgan fingerprint density at radius 2 is 1.92 bits per heavy atom. The van der Waals surface area contributed by atoms with E-state index in [-0.39, 0.29) is 27.4 Å². The number of hydrogen-bond donors (Lipinski definition) is 2. The maximum Gasteiger partial charge on any atom is 0.294 e. The zero-order valence-electron chi connectivity index (χ0n) is 12.9. The van der Waals surface area contributed by atoms with Gasteiger partial charge in [0.15, 0.2) is 5.11 Å². The summed E-state index contributed by atoms with van der Waals surface area (Å²) in [4.78, 5) is 22.7. The molecule has 0 aliphatic heterocycles. The van der Waals surface area contributed by atoms with Gasteiger partial charge < -0.3 is 5.32 Å². The van der Waals surface area contributed by atoms with E-state index >= 15 is 0 Å². The molecule has 24 heavy (non-hydrogen) atoms. The van der Waals surface area contributed by atoms with E-state index in [1.54, 1.807) is 6.07 Å². The molecule has 0 fully saturated rings. The Hall–Kier alpha value is -2.51. The van der Waals surface area contributed by atoms with Gasteiger partial charge >= 0.3 is 0 Å². The highest BCUT2D eigenvalue weighted by Crippen LogP contribution is 2.27. The number of carbonyl (C=O) groups is 1. The van der Waals surface area contributed by atoms with E-state index in [2.05, 4.69) is 10.6 Å². The van der Waals surface area contributed by atoms with Gasteiger partial charge in [-0.3, -0.25) is 20.2 Å². The third-order valence-electron chi connectivity index (χ3n) is 3.26. The Balaban J connectivity index is 2.14. The quantitative estimate of drug-likeness (QED) is 0.489. The molecule has 0 saturated carbocycles. The maximum absolute atomic E-state index is 12.3. The largest absolute Gasteiger partial charge is 0.327 e. The minimum absolute atomic E-state index is 0.0367. The van der Waals surface area contributed by atoms with Crippen LogP contribution < -0.4 is 10.6 Å². The van der Waals surface area contributed by atoms with E-state index in [1.807, 2.05) is 26.0 Å². The number of amides is 1. The number of carbonyl (C=O) groups excluding carboxylic acids is 1. The van der Waals surface area contributed by atoms with Crippen LogP contribution in [0, 0.1) is 24.0 Å². The fourth-order valence-electron chi connectivity index (χ4n) is 2.15. The van der Waals surface area contributed by atoms with E-state index in [1.165, 1.54) is 18.2 Å². The number of thiocarbonyl (C=S) groups is 1. The average molecular weight is 364 g/mol. The molecule has 2 aromatic rings. The molecule has 124 valence electrons. The first-order chi connectivity index (χ1) is 11.3. The number of nitrogens with one attached hydrogen (secondary N) is 2. The van der Waals surface area contributed by atoms with Gasteiger partial charge in [-0.1, -0.05) is 29.3 Å². The summed E-state index contributed by atoms with van der Waals surface area (Å²) >= 11 is 10.8. The number of nitro benzene ring substituents is 1. The predicted molar refractivity (Wildman–Crippen MR) is 97.7 cm³/mol. The molecule has 0 radical (unpaired) electrons. The van der Waals surface area contributed by atoms with Gasteiger partial charge in [0.25, 0.3) is 11.6 Å². The van der Waals surface area contributed by atoms with Crippen molar-refractivity contribution < 1.29 is 9.72 Å². The Morgan fingerprint density at radius 1 is 1.21 bits per heavy atom. The van der Waals surface area contributed by atoms with Crippen molar-refractivity contribution in [3.05, 3.63) is 68.2 Å². The van der Waals surface area contributed by atoms with E-state index < -0.39 is 4.92 Å². The molecule has 0 heterocycles. The first-order valence-electron chi connectivity index (χ1n) is 6.91. The second kappa shape index (κ2) is 7.37. The third kappa shape index (κ3) is 4.27. The minimum Gasteiger partial charge on any atom is -0.327 e. The van der Waals surface area contributed by atoms with Crippen molar-refractivity contribution in [1.82, 2.24) is 5.32 Å². The molecule has 6 nitrogen and oxygen atoms in total. The first kappa shape index (κ1) is 17.8. The van der Waals surface area contributed by atoms with Crippen molar-refractivity contribution in [3.8, 4) is 0 Å². The van der Waals surface area contributed by atoms with Gasteiger partial charge in [0.05, 0.1) is 4.92 Å². The molecular weight excluding hydrogens is 350 g/mol. The molecule has 0 aliphatic carbocycles. The SMILES string of the molecule is Cc1ccc(C(=O)NC(=S)Nc2ccc(Cl)cc2[N+](=O)[O-])c(C)c1. The molecule has 1 amide bonds. The van der Waals surface area contributed by atoms with Crippen LogP contribution in [0.2, 0.25) is 5.02 Å². The van der Waals surface area contributed by atoms with Crippen molar-refractivity contribution in [1.29, 1.82) is 0 Å². The van der Waals surface area contributed by atoms with Crippen LogP contribution in [0.1, 0.15) is 21.5 Å². The van der Waals surface area contributed by atoms with Gasteiger partial charge in [0.2, 0.25) is 0 Å². The van der Waals surface area contributed by atoms with Crippen LogP contribution in [0.5, 0.6) is 0 Å². The van der Waals surface area contributed by atoms with E-state index in [4.69, 9.17) is 23.8 Å². The van der Waals surface area contributed by atoms with Crippen LogP contribution in [0.4, 0.5) is 11.4 Å². The summed E-state index contributed by atoms with van der Waals surface area (Å²) in [6, 6.07) is 9.53. The molecule has 8 heteroatoms. The van der Waals surface area contributed by atoms with Crippen LogP contribution in [0.15, 0.2) is 36.4 Å². The number of halogens is 1. The molecule has 2 N–H and O–H groups in total. The molecule has 0 aliphatic rings. The second-order valence-electron chi connectivity index (χ2n) is 5.15. The zero-order chi connectivity index (χ0) is 17.9. The summed E-state index contributed by atoms with van der Waals surface area (Å²) in [5.41, 5.74) is 2.26. The topological polar surface area (TPSA) is 84.3 Å². The van der Waals surface area contributed by atoms with Crippen molar-refractivity contribution in [2.24, 2.45) is 0 Å². The molecule has 0 aromatic heterocycles. The molecule has 0 atom stereocenters. The summed E-state index contributed by atoms with van der Waals surface area (Å²) in [5, 5.41) is 16.4. The molecule has 0 spiro atoms. The zero-order valence-corrected chi connectivity index (χ0v) is 14.5. The molecule has 0 unspecified atom stereocenters. The van der Waals surface area contributed by atoms with E-state index in [0.29, 0.717) is 5.56 Å². The van der Waals surface area contributed by atoms with Gasteiger partial charge in [-0.05, 0) is 49.8 Å². The maximum atomic E-state index is 12.3. The molecule has 0 bridgehead atoms. The average Bonchev–Trinajstić information content (AvgIpc) is 2.48. The van der Waals surface area contributed by atoms with Gasteiger partial charge in [-0.25, -0.2) is 0 Å². The first-order valence-corrected chi connectivity index (χ1v) is 7.70. The fraction of sp³-hybridized carbons (Fsp3) is 0.125. The van der Waals surface area contributed by atoms with Gasteiger partial charge in [0.1, 0.15) is 5.69 Å². The molecule has 0 saturated heterocycles. The fourth-order valence-corrected chi connectivity index (χ4v) is 2.52.